The van der Waals surface area contributed by atoms with Crippen LogP contribution in [0.15, 0.2) is 6.07 Å². The highest BCUT2D eigenvalue weighted by Crippen LogP contribution is 2.42. The summed E-state index contributed by atoms with van der Waals surface area (Å²) in [6.45, 7) is 4.02. The highest BCUT2D eigenvalue weighted by atomic mass is 35.5. The normalized spacial score (nSPS) is 13.7. The van der Waals surface area contributed by atoms with Gasteiger partial charge in [0.25, 0.3) is 0 Å². The molecule has 1 aromatic rings. The van der Waals surface area contributed by atoms with E-state index in [1.807, 2.05) is 0 Å². The monoisotopic (exact) mass is 269 g/mol. The van der Waals surface area contributed by atoms with Crippen LogP contribution in [0.1, 0.15) is 30.9 Å². The van der Waals surface area contributed by atoms with Crippen LogP contribution in [0.25, 0.3) is 0 Å². The molecule has 0 atom stereocenters. The van der Waals surface area contributed by atoms with Crippen LogP contribution >= 0.6 is 11.6 Å². The third-order valence-electron chi connectivity index (χ3n) is 3.22. The van der Waals surface area contributed by atoms with Gasteiger partial charge >= 0.3 is 0 Å². The van der Waals surface area contributed by atoms with E-state index in [1.165, 1.54) is 11.1 Å². The Labute approximate surface area is 113 Å². The topological polar surface area (TPSA) is 44.5 Å². The summed E-state index contributed by atoms with van der Waals surface area (Å²) in [5.74, 6) is 1.49. The van der Waals surface area contributed by atoms with E-state index in [-0.39, 0.29) is 0 Å². The van der Waals surface area contributed by atoms with Gasteiger partial charge in [-0.15, -0.1) is 0 Å². The van der Waals surface area contributed by atoms with E-state index in [1.54, 1.807) is 0 Å². The van der Waals surface area contributed by atoms with Crippen LogP contribution in [0, 0.1) is 0 Å². The molecule has 0 aliphatic carbocycles. The number of ether oxygens (including phenoxy) is 2. The molecule has 2 N–H and O–H groups in total. The fraction of sp³-hybridized carbons (Fsp3) is 0.571. The maximum absolute atomic E-state index is 6.42. The maximum Gasteiger partial charge on any atom is 0.180 e. The molecule has 0 amide bonds. The summed E-state index contributed by atoms with van der Waals surface area (Å²) >= 11 is 6.42. The van der Waals surface area contributed by atoms with E-state index in [9.17, 15) is 0 Å². The molecule has 0 fully saturated rings. The van der Waals surface area contributed by atoms with Crippen molar-refractivity contribution in [2.75, 3.05) is 19.8 Å². The van der Waals surface area contributed by atoms with Crippen LogP contribution in [0.5, 0.6) is 11.5 Å². The minimum absolute atomic E-state index is 0.572. The number of hydrogen-bond donors (Lipinski definition) is 1. The van der Waals surface area contributed by atoms with E-state index < -0.39 is 0 Å². The van der Waals surface area contributed by atoms with Gasteiger partial charge in [-0.3, -0.25) is 0 Å². The van der Waals surface area contributed by atoms with Crippen LogP contribution in [0.3, 0.4) is 0 Å². The Kier molecular flexibility index (Phi) is 4.72. The van der Waals surface area contributed by atoms with Crippen molar-refractivity contribution in [3.05, 3.63) is 22.2 Å². The minimum atomic E-state index is 0.572. The van der Waals surface area contributed by atoms with Crippen molar-refractivity contribution in [3.63, 3.8) is 0 Å². The SMILES string of the molecule is CCc1c(CCCCN)cc2c(c1Cl)OCCO2. The molecule has 0 unspecified atom stereocenters. The second-order valence-corrected chi connectivity index (χ2v) is 4.83. The first-order valence-electron chi connectivity index (χ1n) is 6.57. The van der Waals surface area contributed by atoms with Gasteiger partial charge in [0, 0.05) is 0 Å². The molecule has 0 saturated heterocycles. The summed E-state index contributed by atoms with van der Waals surface area (Å²) in [7, 11) is 0. The van der Waals surface area contributed by atoms with Gasteiger partial charge in [0.1, 0.15) is 13.2 Å². The zero-order chi connectivity index (χ0) is 13.0. The number of nitrogens with two attached hydrogens (primary N) is 1. The molecule has 0 aromatic heterocycles. The minimum Gasteiger partial charge on any atom is -0.486 e. The second-order valence-electron chi connectivity index (χ2n) is 4.45. The number of unbranched alkanes of at least 4 members (excludes halogenated alkanes) is 1. The Morgan fingerprint density at radius 1 is 1.28 bits per heavy atom. The van der Waals surface area contributed by atoms with Crippen molar-refractivity contribution in [1.29, 1.82) is 0 Å². The molecule has 1 aliphatic heterocycles. The molecule has 1 heterocycles. The molecule has 100 valence electrons. The molecule has 0 spiro atoms. The maximum atomic E-state index is 6.42. The first-order valence-corrected chi connectivity index (χ1v) is 6.95. The predicted molar refractivity (Wildman–Crippen MR) is 73.8 cm³/mol. The lowest BCUT2D eigenvalue weighted by molar-refractivity contribution is 0.171. The van der Waals surface area contributed by atoms with Gasteiger partial charge in [-0.2, -0.15) is 0 Å². The molecule has 2 rings (SSSR count). The predicted octanol–water partition coefficient (Wildman–Crippen LogP) is 2.96. The van der Waals surface area contributed by atoms with Gasteiger partial charge in [0.15, 0.2) is 11.5 Å². The van der Waals surface area contributed by atoms with Crippen LogP contribution in [-0.2, 0) is 12.8 Å². The van der Waals surface area contributed by atoms with Crippen molar-refractivity contribution in [3.8, 4) is 11.5 Å². The van der Waals surface area contributed by atoms with Gasteiger partial charge < -0.3 is 15.2 Å². The summed E-state index contributed by atoms with van der Waals surface area (Å²) in [5.41, 5.74) is 7.98. The number of halogens is 1. The molecule has 0 bridgehead atoms. The average Bonchev–Trinajstić information content (AvgIpc) is 2.39. The van der Waals surface area contributed by atoms with E-state index >= 15 is 0 Å². The van der Waals surface area contributed by atoms with Crippen molar-refractivity contribution in [2.24, 2.45) is 5.73 Å². The smallest absolute Gasteiger partial charge is 0.180 e. The Morgan fingerprint density at radius 2 is 2.06 bits per heavy atom. The van der Waals surface area contributed by atoms with Gasteiger partial charge in [0.2, 0.25) is 0 Å². The van der Waals surface area contributed by atoms with Crippen LogP contribution < -0.4 is 15.2 Å². The molecule has 3 nitrogen and oxygen atoms in total. The molecule has 0 saturated carbocycles. The first-order chi connectivity index (χ1) is 8.77. The molecular weight excluding hydrogens is 250 g/mol. The average molecular weight is 270 g/mol. The van der Waals surface area contributed by atoms with Crippen molar-refractivity contribution in [1.82, 2.24) is 0 Å². The van der Waals surface area contributed by atoms with Crippen molar-refractivity contribution < 1.29 is 9.47 Å². The van der Waals surface area contributed by atoms with E-state index in [4.69, 9.17) is 26.8 Å². The van der Waals surface area contributed by atoms with E-state index in [0.29, 0.717) is 19.0 Å². The Balaban J connectivity index is 2.30. The van der Waals surface area contributed by atoms with Gasteiger partial charge in [-0.25, -0.2) is 0 Å². The summed E-state index contributed by atoms with van der Waals surface area (Å²) in [6.07, 6.45) is 4.03. The number of aryl methyl sites for hydroxylation is 1. The molecular formula is C14H20ClNO2. The lowest BCUT2D eigenvalue weighted by Gasteiger charge is -2.23. The summed E-state index contributed by atoms with van der Waals surface area (Å²) in [5, 5.41) is 0.720. The zero-order valence-electron chi connectivity index (χ0n) is 10.8. The quantitative estimate of drug-likeness (QED) is 0.836. The molecule has 1 aromatic carbocycles. The van der Waals surface area contributed by atoms with Gasteiger partial charge in [-0.05, 0) is 49.4 Å². The standard InChI is InChI=1S/C14H20ClNO2/c1-2-11-10(5-3-4-6-16)9-12-14(13(11)15)18-8-7-17-12/h9H,2-8,16H2,1H3. The number of benzene rings is 1. The Morgan fingerprint density at radius 3 is 2.78 bits per heavy atom. The third kappa shape index (κ3) is 2.73. The van der Waals surface area contributed by atoms with Crippen LogP contribution in [-0.4, -0.2) is 19.8 Å². The Hall–Kier alpha value is -0.930. The molecule has 1 aliphatic rings. The summed E-state index contributed by atoms with van der Waals surface area (Å²) < 4.78 is 11.2. The van der Waals surface area contributed by atoms with Gasteiger partial charge in [-0.1, -0.05) is 18.5 Å². The first kappa shape index (κ1) is 13.5. The highest BCUT2D eigenvalue weighted by Gasteiger charge is 2.20. The summed E-state index contributed by atoms with van der Waals surface area (Å²) in [6, 6.07) is 2.08. The lowest BCUT2D eigenvalue weighted by atomic mass is 9.98. The fourth-order valence-electron chi connectivity index (χ4n) is 2.30. The second kappa shape index (κ2) is 6.30. The molecule has 18 heavy (non-hydrogen) atoms. The largest absolute Gasteiger partial charge is 0.486 e. The fourth-order valence-corrected chi connectivity index (χ4v) is 2.70. The molecule has 0 radical (unpaired) electrons. The highest BCUT2D eigenvalue weighted by molar-refractivity contribution is 6.33. The van der Waals surface area contributed by atoms with Crippen LogP contribution in [0.2, 0.25) is 5.02 Å². The number of hydrogen-bond acceptors (Lipinski definition) is 3. The van der Waals surface area contributed by atoms with Crippen LogP contribution in [0.4, 0.5) is 0 Å². The zero-order valence-corrected chi connectivity index (χ0v) is 11.6. The molecule has 4 heteroatoms. The lowest BCUT2D eigenvalue weighted by Crippen LogP contribution is -2.16. The Bertz CT molecular complexity index is 421. The van der Waals surface area contributed by atoms with Crippen molar-refractivity contribution in [2.45, 2.75) is 32.6 Å². The third-order valence-corrected chi connectivity index (χ3v) is 3.62. The van der Waals surface area contributed by atoms with E-state index in [0.717, 1.165) is 43.0 Å². The van der Waals surface area contributed by atoms with Crippen molar-refractivity contribution >= 4 is 11.6 Å². The number of rotatable bonds is 5. The number of fused-ring (bicyclic) bond motifs is 1. The van der Waals surface area contributed by atoms with E-state index in [2.05, 4.69) is 13.0 Å². The summed E-state index contributed by atoms with van der Waals surface area (Å²) in [4.78, 5) is 0. The van der Waals surface area contributed by atoms with Gasteiger partial charge in [0.05, 0.1) is 5.02 Å².